The average molecular weight is 402 g/mol. The molecular formula is C26H26FN2O+. The van der Waals surface area contributed by atoms with E-state index in [2.05, 4.69) is 48.5 Å². The first-order chi connectivity index (χ1) is 14.7. The van der Waals surface area contributed by atoms with E-state index in [1.54, 1.807) is 24.3 Å². The van der Waals surface area contributed by atoms with Crippen LogP contribution < -0.4 is 4.90 Å². The van der Waals surface area contributed by atoms with Crippen molar-refractivity contribution >= 4 is 12.0 Å². The smallest absolute Gasteiger partial charge is 0.246 e. The maximum atomic E-state index is 13.0. The molecule has 0 aliphatic carbocycles. The molecule has 4 rings (SSSR count). The molecule has 0 radical (unpaired) electrons. The fourth-order valence-corrected chi connectivity index (χ4v) is 4.10. The van der Waals surface area contributed by atoms with Gasteiger partial charge in [-0.3, -0.25) is 4.79 Å². The molecule has 0 saturated carbocycles. The number of nitrogens with one attached hydrogen (secondary N) is 1. The van der Waals surface area contributed by atoms with Crippen molar-refractivity contribution in [1.82, 2.24) is 4.90 Å². The van der Waals surface area contributed by atoms with Crippen molar-refractivity contribution in [3.8, 4) is 0 Å². The zero-order chi connectivity index (χ0) is 20.8. The topological polar surface area (TPSA) is 24.8 Å². The van der Waals surface area contributed by atoms with Crippen molar-refractivity contribution in [2.75, 3.05) is 26.2 Å². The Labute approximate surface area is 177 Å². The monoisotopic (exact) mass is 401 g/mol. The van der Waals surface area contributed by atoms with Gasteiger partial charge in [-0.25, -0.2) is 4.39 Å². The molecule has 3 nitrogen and oxygen atoms in total. The summed E-state index contributed by atoms with van der Waals surface area (Å²) in [5.74, 6) is -0.265. The zero-order valence-corrected chi connectivity index (χ0v) is 16.9. The Morgan fingerprint density at radius 1 is 0.833 bits per heavy atom. The van der Waals surface area contributed by atoms with Crippen LogP contribution in [0.5, 0.6) is 0 Å². The predicted octanol–water partition coefficient (Wildman–Crippen LogP) is 3.36. The van der Waals surface area contributed by atoms with Gasteiger partial charge in [0.05, 0.1) is 26.2 Å². The molecule has 0 atom stereocenters. The van der Waals surface area contributed by atoms with Crippen LogP contribution in [0.15, 0.2) is 91.0 Å². The fraction of sp³-hybridized carbons (Fsp3) is 0.192. The van der Waals surface area contributed by atoms with Gasteiger partial charge in [0.1, 0.15) is 11.9 Å². The number of hydrogen-bond acceptors (Lipinski definition) is 1. The molecule has 152 valence electrons. The molecule has 1 N–H and O–H groups in total. The number of carbonyl (C=O) groups is 1. The van der Waals surface area contributed by atoms with E-state index in [-0.39, 0.29) is 17.8 Å². The van der Waals surface area contributed by atoms with Gasteiger partial charge in [0, 0.05) is 17.2 Å². The fourth-order valence-electron chi connectivity index (χ4n) is 4.10. The van der Waals surface area contributed by atoms with Gasteiger partial charge in [0.25, 0.3) is 0 Å². The first kappa shape index (κ1) is 20.0. The summed E-state index contributed by atoms with van der Waals surface area (Å²) < 4.78 is 13.0. The molecule has 3 aromatic carbocycles. The summed E-state index contributed by atoms with van der Waals surface area (Å²) in [6.07, 6.45) is 3.34. The Morgan fingerprint density at radius 3 is 1.90 bits per heavy atom. The summed E-state index contributed by atoms with van der Waals surface area (Å²) in [4.78, 5) is 16.0. The van der Waals surface area contributed by atoms with Crippen LogP contribution in [-0.2, 0) is 4.79 Å². The lowest BCUT2D eigenvalue weighted by atomic mass is 9.96. The molecule has 1 fully saturated rings. The second-order valence-corrected chi connectivity index (χ2v) is 7.62. The largest absolute Gasteiger partial charge is 0.328 e. The van der Waals surface area contributed by atoms with E-state index in [0.29, 0.717) is 0 Å². The van der Waals surface area contributed by atoms with Crippen LogP contribution in [0.3, 0.4) is 0 Å². The standard InChI is InChI=1S/C26H25FN2O/c27-24-14-11-21(12-15-24)13-16-25(30)28-17-19-29(20-18-28)26(22-7-3-1-4-8-22)23-9-5-2-6-10-23/h1-16,26H,17-20H2/p+1/b16-13+. The van der Waals surface area contributed by atoms with Crippen LogP contribution in [0.4, 0.5) is 4.39 Å². The van der Waals surface area contributed by atoms with Crippen LogP contribution in [0.25, 0.3) is 6.08 Å². The third kappa shape index (κ3) is 4.84. The third-order valence-electron chi connectivity index (χ3n) is 5.68. The lowest BCUT2D eigenvalue weighted by Gasteiger charge is -2.36. The third-order valence-corrected chi connectivity index (χ3v) is 5.68. The Morgan fingerprint density at radius 2 is 1.37 bits per heavy atom. The Bertz CT molecular complexity index is 939. The summed E-state index contributed by atoms with van der Waals surface area (Å²) in [5, 5.41) is 0. The summed E-state index contributed by atoms with van der Waals surface area (Å²) in [6, 6.07) is 27.6. The Hall–Kier alpha value is -3.24. The minimum atomic E-state index is -0.274. The van der Waals surface area contributed by atoms with E-state index in [0.717, 1.165) is 31.7 Å². The van der Waals surface area contributed by atoms with Crippen LogP contribution in [0.2, 0.25) is 0 Å². The Kier molecular flexibility index (Phi) is 6.35. The van der Waals surface area contributed by atoms with Gasteiger partial charge in [-0.2, -0.15) is 0 Å². The highest BCUT2D eigenvalue weighted by Gasteiger charge is 2.30. The van der Waals surface area contributed by atoms with Crippen molar-refractivity contribution < 1.29 is 14.1 Å². The molecule has 1 heterocycles. The number of halogens is 1. The normalized spacial score (nSPS) is 15.1. The maximum absolute atomic E-state index is 13.0. The zero-order valence-electron chi connectivity index (χ0n) is 16.9. The lowest BCUT2D eigenvalue weighted by Crippen LogP contribution is -3.15. The number of carbonyl (C=O) groups excluding carboxylic acids is 1. The first-order valence-corrected chi connectivity index (χ1v) is 10.4. The van der Waals surface area contributed by atoms with Crippen LogP contribution in [-0.4, -0.2) is 37.0 Å². The van der Waals surface area contributed by atoms with Gasteiger partial charge < -0.3 is 9.80 Å². The highest BCUT2D eigenvalue weighted by molar-refractivity contribution is 5.91. The Balaban J connectivity index is 1.43. The molecule has 1 amide bonds. The van der Waals surface area contributed by atoms with Crippen molar-refractivity contribution in [3.05, 3.63) is 114 Å². The molecule has 0 unspecified atom stereocenters. The summed E-state index contributed by atoms with van der Waals surface area (Å²) >= 11 is 0. The van der Waals surface area contributed by atoms with Crippen LogP contribution in [0, 0.1) is 5.82 Å². The minimum Gasteiger partial charge on any atom is -0.328 e. The second-order valence-electron chi connectivity index (χ2n) is 7.62. The van der Waals surface area contributed by atoms with Crippen molar-refractivity contribution in [1.29, 1.82) is 0 Å². The quantitative estimate of drug-likeness (QED) is 0.652. The molecule has 30 heavy (non-hydrogen) atoms. The number of amides is 1. The molecule has 1 aliphatic rings. The van der Waals surface area contributed by atoms with E-state index >= 15 is 0 Å². The molecule has 1 aliphatic heterocycles. The highest BCUT2D eigenvalue weighted by atomic mass is 19.1. The molecule has 4 heteroatoms. The van der Waals surface area contributed by atoms with Gasteiger partial charge in [0.2, 0.25) is 5.91 Å². The minimum absolute atomic E-state index is 0.00865. The van der Waals surface area contributed by atoms with E-state index in [4.69, 9.17) is 0 Å². The number of quaternary nitrogens is 1. The van der Waals surface area contributed by atoms with Gasteiger partial charge in [-0.05, 0) is 23.8 Å². The molecule has 0 aromatic heterocycles. The van der Waals surface area contributed by atoms with E-state index in [9.17, 15) is 9.18 Å². The van der Waals surface area contributed by atoms with E-state index in [1.165, 1.54) is 28.2 Å². The predicted molar refractivity (Wildman–Crippen MR) is 117 cm³/mol. The van der Waals surface area contributed by atoms with Gasteiger partial charge in [0.15, 0.2) is 0 Å². The maximum Gasteiger partial charge on any atom is 0.246 e. The van der Waals surface area contributed by atoms with Gasteiger partial charge in [-0.1, -0.05) is 72.8 Å². The highest BCUT2D eigenvalue weighted by Crippen LogP contribution is 2.19. The summed E-state index contributed by atoms with van der Waals surface area (Å²) in [7, 11) is 0. The first-order valence-electron chi connectivity index (χ1n) is 10.4. The SMILES string of the molecule is O=C(/C=C/c1ccc(F)cc1)N1CC[NH+](C(c2ccccc2)c2ccccc2)CC1. The molecular weight excluding hydrogens is 375 g/mol. The molecule has 0 bridgehead atoms. The number of hydrogen-bond donors (Lipinski definition) is 1. The molecule has 3 aromatic rings. The number of rotatable bonds is 5. The number of benzene rings is 3. The molecule has 1 saturated heterocycles. The number of piperazine rings is 1. The van der Waals surface area contributed by atoms with Crippen molar-refractivity contribution in [2.24, 2.45) is 0 Å². The van der Waals surface area contributed by atoms with Crippen LogP contribution >= 0.6 is 0 Å². The number of nitrogens with zero attached hydrogens (tertiary/aromatic N) is 1. The van der Waals surface area contributed by atoms with Gasteiger partial charge in [-0.15, -0.1) is 0 Å². The van der Waals surface area contributed by atoms with Crippen molar-refractivity contribution in [3.63, 3.8) is 0 Å². The average Bonchev–Trinajstić information content (AvgIpc) is 2.81. The van der Waals surface area contributed by atoms with E-state index in [1.807, 2.05) is 17.0 Å². The van der Waals surface area contributed by atoms with Gasteiger partial charge >= 0.3 is 0 Å². The second kappa shape index (κ2) is 9.51. The molecule has 0 spiro atoms. The lowest BCUT2D eigenvalue weighted by molar-refractivity contribution is -0.929. The van der Waals surface area contributed by atoms with Crippen LogP contribution in [0.1, 0.15) is 22.7 Å². The van der Waals surface area contributed by atoms with E-state index < -0.39 is 0 Å². The summed E-state index contributed by atoms with van der Waals surface area (Å²) in [6.45, 7) is 3.23. The van der Waals surface area contributed by atoms with Crippen molar-refractivity contribution in [2.45, 2.75) is 6.04 Å². The summed E-state index contributed by atoms with van der Waals surface area (Å²) in [5.41, 5.74) is 3.42.